The summed E-state index contributed by atoms with van der Waals surface area (Å²) in [6, 6.07) is 14.6. The van der Waals surface area contributed by atoms with Crippen molar-refractivity contribution >= 4 is 39.1 Å². The third-order valence-corrected chi connectivity index (χ3v) is 6.37. The number of hydrogen-bond acceptors (Lipinski definition) is 6. The van der Waals surface area contributed by atoms with Gasteiger partial charge in [-0.1, -0.05) is 28.1 Å². The zero-order valence-corrected chi connectivity index (χ0v) is 18.5. The van der Waals surface area contributed by atoms with Crippen molar-refractivity contribution in [3.05, 3.63) is 87.7 Å². The Hall–Kier alpha value is -3.65. The minimum Gasteiger partial charge on any atom is -0.507 e. The van der Waals surface area contributed by atoms with E-state index in [-0.39, 0.29) is 18.1 Å². The number of aryl methyl sites for hydroxylation is 1. The van der Waals surface area contributed by atoms with Gasteiger partial charge in [0.2, 0.25) is 6.79 Å². The number of Topliss-reactive ketones (excluding diaryl/α,β-unsaturated/α-hetero) is 1. The molecule has 2 aliphatic rings. The number of pyridine rings is 1. The molecule has 1 atom stereocenters. The van der Waals surface area contributed by atoms with Crippen LogP contribution in [0.2, 0.25) is 0 Å². The summed E-state index contributed by atoms with van der Waals surface area (Å²) >= 11 is 3.44. The number of benzene rings is 2. The quantitative estimate of drug-likeness (QED) is 0.328. The average Bonchev–Trinajstić information content (AvgIpc) is 3.38. The molecule has 2 aliphatic heterocycles. The summed E-state index contributed by atoms with van der Waals surface area (Å²) < 4.78 is 11.7. The first-order valence-electron chi connectivity index (χ1n) is 9.84. The monoisotopic (exact) mass is 492 g/mol. The van der Waals surface area contributed by atoms with Gasteiger partial charge in [0.05, 0.1) is 11.3 Å². The van der Waals surface area contributed by atoms with E-state index in [1.807, 2.05) is 6.92 Å². The zero-order valence-electron chi connectivity index (χ0n) is 16.9. The summed E-state index contributed by atoms with van der Waals surface area (Å²) in [5.74, 6) is -0.748. The fraction of sp³-hybridized carbons (Fsp3) is 0.125. The van der Waals surface area contributed by atoms with Crippen molar-refractivity contribution in [1.82, 2.24) is 4.98 Å². The molecule has 5 rings (SSSR count). The number of aliphatic hydroxyl groups excluding tert-OH is 1. The normalized spacial score (nSPS) is 18.9. The lowest BCUT2D eigenvalue weighted by Gasteiger charge is -2.24. The largest absolute Gasteiger partial charge is 0.507 e. The number of aromatic nitrogens is 1. The average molecular weight is 493 g/mol. The van der Waals surface area contributed by atoms with Crippen LogP contribution in [0.1, 0.15) is 22.9 Å². The lowest BCUT2D eigenvalue weighted by Crippen LogP contribution is -2.29. The van der Waals surface area contributed by atoms with E-state index < -0.39 is 17.7 Å². The van der Waals surface area contributed by atoms with Crippen LogP contribution < -0.4 is 14.4 Å². The van der Waals surface area contributed by atoms with Gasteiger partial charge in [-0.2, -0.15) is 0 Å². The number of halogens is 1. The molecule has 8 heteroatoms. The molecule has 32 heavy (non-hydrogen) atoms. The number of aliphatic hydroxyl groups is 1. The number of anilines is 1. The summed E-state index contributed by atoms with van der Waals surface area (Å²) in [4.78, 5) is 32.1. The highest BCUT2D eigenvalue weighted by molar-refractivity contribution is 9.10. The topological polar surface area (TPSA) is 89.0 Å². The van der Waals surface area contributed by atoms with E-state index in [0.717, 1.165) is 10.0 Å². The molecule has 0 radical (unpaired) electrons. The van der Waals surface area contributed by atoms with Gasteiger partial charge in [-0.15, -0.1) is 0 Å². The minimum atomic E-state index is -0.902. The maximum Gasteiger partial charge on any atom is 0.300 e. The molecule has 1 N–H and O–H groups in total. The minimum absolute atomic E-state index is 0.0203. The van der Waals surface area contributed by atoms with Crippen LogP contribution in [0.3, 0.4) is 0 Å². The summed E-state index contributed by atoms with van der Waals surface area (Å²) in [6.07, 6.45) is 1.58. The third kappa shape index (κ3) is 3.23. The molecule has 1 saturated heterocycles. The van der Waals surface area contributed by atoms with Crippen LogP contribution in [0.4, 0.5) is 5.69 Å². The number of rotatable bonds is 3. The number of carbonyl (C=O) groups excluding carboxylic acids is 2. The summed E-state index contributed by atoms with van der Waals surface area (Å²) in [6.45, 7) is 1.96. The number of carbonyl (C=O) groups is 2. The Morgan fingerprint density at radius 2 is 1.91 bits per heavy atom. The number of ketones is 1. The fourth-order valence-electron chi connectivity index (χ4n) is 3.90. The van der Waals surface area contributed by atoms with Gasteiger partial charge < -0.3 is 14.6 Å². The number of hydrogen-bond donors (Lipinski definition) is 1. The second kappa shape index (κ2) is 7.80. The van der Waals surface area contributed by atoms with Crippen LogP contribution in [0.15, 0.2) is 70.8 Å². The Morgan fingerprint density at radius 1 is 1.09 bits per heavy atom. The molecule has 0 spiro atoms. The highest BCUT2D eigenvalue weighted by Gasteiger charge is 2.47. The maximum atomic E-state index is 13.2. The molecule has 0 aliphatic carbocycles. The zero-order chi connectivity index (χ0) is 22.4. The Kier molecular flexibility index (Phi) is 4.94. The second-order valence-electron chi connectivity index (χ2n) is 7.43. The Bertz CT molecular complexity index is 1290. The molecule has 0 saturated carbocycles. The van der Waals surface area contributed by atoms with E-state index in [0.29, 0.717) is 28.4 Å². The van der Waals surface area contributed by atoms with Gasteiger partial charge in [0.25, 0.3) is 11.7 Å². The van der Waals surface area contributed by atoms with Crippen LogP contribution in [-0.4, -0.2) is 28.6 Å². The van der Waals surface area contributed by atoms with E-state index in [1.165, 1.54) is 4.90 Å². The van der Waals surface area contributed by atoms with Crippen molar-refractivity contribution in [3.8, 4) is 11.5 Å². The molecule has 3 aromatic rings. The van der Waals surface area contributed by atoms with Gasteiger partial charge in [0, 0.05) is 28.0 Å². The molecule has 1 aromatic heterocycles. The first kappa shape index (κ1) is 20.3. The third-order valence-electron chi connectivity index (χ3n) is 5.48. The molecule has 2 aromatic carbocycles. The molecular formula is C24H17BrN2O5. The molecule has 3 heterocycles. The number of fused-ring (bicyclic) bond motifs is 1. The van der Waals surface area contributed by atoms with Crippen molar-refractivity contribution in [3.63, 3.8) is 0 Å². The highest BCUT2D eigenvalue weighted by Crippen LogP contribution is 2.44. The van der Waals surface area contributed by atoms with E-state index in [4.69, 9.17) is 9.47 Å². The first-order valence-corrected chi connectivity index (χ1v) is 10.6. The molecule has 0 bridgehead atoms. The van der Waals surface area contributed by atoms with Gasteiger partial charge in [0.1, 0.15) is 11.8 Å². The van der Waals surface area contributed by atoms with E-state index in [1.54, 1.807) is 60.8 Å². The predicted octanol–water partition coefficient (Wildman–Crippen LogP) is 4.51. The van der Waals surface area contributed by atoms with Crippen LogP contribution in [-0.2, 0) is 9.59 Å². The Morgan fingerprint density at radius 3 is 2.66 bits per heavy atom. The van der Waals surface area contributed by atoms with Crippen molar-refractivity contribution in [2.45, 2.75) is 13.0 Å². The van der Waals surface area contributed by atoms with Crippen molar-refractivity contribution < 1.29 is 24.2 Å². The van der Waals surface area contributed by atoms with E-state index >= 15 is 0 Å². The van der Waals surface area contributed by atoms with Crippen molar-refractivity contribution in [2.75, 3.05) is 11.7 Å². The smallest absolute Gasteiger partial charge is 0.300 e. The van der Waals surface area contributed by atoms with Crippen LogP contribution in [0.25, 0.3) is 5.76 Å². The standard InChI is InChI=1S/C24H17BrN2O5/c1-13-10-14(5-7-16(13)25)22(28)20-21(17-4-2-3-9-26-17)27(24(30)23(20)29)15-6-8-18-19(11-15)32-12-31-18/h2-11,21,28H,12H2,1H3/b22-20+. The van der Waals surface area contributed by atoms with Crippen LogP contribution in [0.5, 0.6) is 11.5 Å². The number of amides is 1. The maximum absolute atomic E-state index is 13.2. The Labute approximate surface area is 192 Å². The van der Waals surface area contributed by atoms with Gasteiger partial charge in [-0.05, 0) is 48.9 Å². The number of nitrogens with zero attached hydrogens (tertiary/aromatic N) is 2. The van der Waals surface area contributed by atoms with Crippen molar-refractivity contribution in [1.29, 1.82) is 0 Å². The summed E-state index contributed by atoms with van der Waals surface area (Å²) in [7, 11) is 0. The molecule has 1 unspecified atom stereocenters. The Balaban J connectivity index is 1.70. The molecule has 7 nitrogen and oxygen atoms in total. The SMILES string of the molecule is Cc1cc(/C(O)=C2\C(=O)C(=O)N(c3ccc4c(c3)OCO4)C2c2ccccn2)ccc1Br. The van der Waals surface area contributed by atoms with Crippen molar-refractivity contribution in [2.24, 2.45) is 0 Å². The summed E-state index contributed by atoms with van der Waals surface area (Å²) in [5, 5.41) is 11.2. The first-order chi connectivity index (χ1) is 15.5. The predicted molar refractivity (Wildman–Crippen MR) is 120 cm³/mol. The lowest BCUT2D eigenvalue weighted by molar-refractivity contribution is -0.132. The van der Waals surface area contributed by atoms with E-state index in [2.05, 4.69) is 20.9 Å². The highest BCUT2D eigenvalue weighted by atomic mass is 79.9. The van der Waals surface area contributed by atoms with Gasteiger partial charge in [0.15, 0.2) is 11.5 Å². The molecule has 1 amide bonds. The molecule has 160 valence electrons. The molecule has 1 fully saturated rings. The van der Waals surface area contributed by atoms with E-state index in [9.17, 15) is 14.7 Å². The van der Waals surface area contributed by atoms with Gasteiger partial charge in [-0.3, -0.25) is 19.5 Å². The fourth-order valence-corrected chi connectivity index (χ4v) is 4.15. The second-order valence-corrected chi connectivity index (χ2v) is 8.28. The number of ether oxygens (including phenoxy) is 2. The van der Waals surface area contributed by atoms with Crippen LogP contribution in [0, 0.1) is 6.92 Å². The van der Waals surface area contributed by atoms with Gasteiger partial charge >= 0.3 is 0 Å². The van der Waals surface area contributed by atoms with Gasteiger partial charge in [-0.25, -0.2) is 0 Å². The summed E-state index contributed by atoms with van der Waals surface area (Å²) in [5.41, 5.74) is 2.20. The molecular weight excluding hydrogens is 476 g/mol. The van der Waals surface area contributed by atoms with Crippen LogP contribution >= 0.6 is 15.9 Å². The lowest BCUT2D eigenvalue weighted by atomic mass is 9.97.